The molecular weight excluding hydrogens is 136 g/mol. The summed E-state index contributed by atoms with van der Waals surface area (Å²) in [6.45, 7) is -0.883. The molecule has 0 aromatic carbocycles. The van der Waals surface area contributed by atoms with Gasteiger partial charge in [0, 0.05) is 0 Å². The second kappa shape index (κ2) is 2.08. The van der Waals surface area contributed by atoms with Crippen LogP contribution in [0.25, 0.3) is 0 Å². The minimum Gasteiger partial charge on any atom is -0.348 e. The maximum absolute atomic E-state index is 11.4. The molecule has 1 heterocycles. The Kier molecular flexibility index (Phi) is 1.43. The first-order valence-electron chi connectivity index (χ1n) is 1.73. The van der Waals surface area contributed by atoms with Gasteiger partial charge >= 0.3 is 11.4 Å². The summed E-state index contributed by atoms with van der Waals surface area (Å²) < 4.78 is 29.5. The first-order chi connectivity index (χ1) is 3.83. The second-order valence-electron chi connectivity index (χ2n) is 0.981. The van der Waals surface area contributed by atoms with Crippen molar-refractivity contribution in [3.63, 3.8) is 0 Å². The van der Waals surface area contributed by atoms with E-state index in [9.17, 15) is 8.60 Å². The molecule has 6 heteroatoms. The van der Waals surface area contributed by atoms with Crippen molar-refractivity contribution >= 4 is 17.3 Å². The topological polar surface area (TPSA) is 47.9 Å². The van der Waals surface area contributed by atoms with E-state index >= 15 is 0 Å². The maximum atomic E-state index is 11.4. The van der Waals surface area contributed by atoms with Crippen LogP contribution in [0, 0.1) is 0 Å². The van der Waals surface area contributed by atoms with Gasteiger partial charge in [0.2, 0.25) is 0 Å². The van der Waals surface area contributed by atoms with E-state index in [1.165, 1.54) is 0 Å². The summed E-state index contributed by atoms with van der Waals surface area (Å²) in [4.78, 5) is 0. The highest BCUT2D eigenvalue weighted by Crippen LogP contribution is 2.02. The van der Waals surface area contributed by atoms with E-state index in [0.29, 0.717) is 0 Å². The third-order valence-corrected chi connectivity index (χ3v) is 1.00. The average molecular weight is 138 g/mol. The summed E-state index contributed by atoms with van der Waals surface area (Å²) in [6.07, 6.45) is 0. The zero-order valence-corrected chi connectivity index (χ0v) is 4.48. The first-order valence-corrected chi connectivity index (χ1v) is 2.73. The van der Waals surface area contributed by atoms with Gasteiger partial charge in [0.1, 0.15) is 0 Å². The van der Waals surface area contributed by atoms with Crippen LogP contribution in [0.1, 0.15) is 0 Å². The Hall–Kier alpha value is -0.650. The zero-order valence-electron chi connectivity index (χ0n) is 3.67. The smallest absolute Gasteiger partial charge is 0.348 e. The van der Waals surface area contributed by atoms with Gasteiger partial charge in [-0.15, -0.1) is 0 Å². The predicted octanol–water partition coefficient (Wildman–Crippen LogP) is -0.105. The third-order valence-electron chi connectivity index (χ3n) is 0.478. The van der Waals surface area contributed by atoms with Crippen molar-refractivity contribution in [2.24, 2.45) is 5.16 Å². The minimum absolute atomic E-state index is 0.275. The fraction of sp³-hybridized carbons (Fsp3) is 0.500. The predicted molar refractivity (Wildman–Crippen MR) is 23.7 cm³/mol. The van der Waals surface area contributed by atoms with Crippen LogP contribution in [0.15, 0.2) is 5.16 Å². The normalized spacial score (nSPS) is 26.1. The highest BCUT2D eigenvalue weighted by Gasteiger charge is 2.16. The molecule has 0 saturated heterocycles. The summed E-state index contributed by atoms with van der Waals surface area (Å²) in [5.74, 6) is -0.275. The molecule has 0 aromatic rings. The molecule has 0 amide bonds. The second-order valence-corrected chi connectivity index (χ2v) is 1.70. The average Bonchev–Trinajstić information content (AvgIpc) is 2.14. The largest absolute Gasteiger partial charge is 0.440 e. The summed E-state index contributed by atoms with van der Waals surface area (Å²) >= 11 is -1.90. The van der Waals surface area contributed by atoms with Crippen LogP contribution in [-0.2, 0) is 19.8 Å². The standard InChI is InChI=1S/C2H2FNO3S/c3-1-2-4-7-8(5)6-2/h1H2/i3-1. The molecule has 1 aliphatic rings. The highest BCUT2D eigenvalue weighted by atomic mass is 32.2. The molecule has 0 aliphatic carbocycles. The van der Waals surface area contributed by atoms with Crippen LogP contribution >= 0.6 is 0 Å². The SMILES string of the molecule is O=S1ON=C(C[18F])O1. The molecule has 1 atom stereocenters. The Morgan fingerprint density at radius 1 is 1.88 bits per heavy atom. The molecule has 0 spiro atoms. The Balaban J connectivity index is 2.49. The van der Waals surface area contributed by atoms with Gasteiger partial charge < -0.3 is 4.18 Å². The number of oxime groups is 1. The van der Waals surface area contributed by atoms with E-state index in [4.69, 9.17) is 0 Å². The molecule has 0 fully saturated rings. The van der Waals surface area contributed by atoms with Crippen LogP contribution in [-0.4, -0.2) is 16.8 Å². The number of alkyl halides is 1. The van der Waals surface area contributed by atoms with Gasteiger partial charge in [-0.05, 0) is 5.16 Å². The zero-order chi connectivity index (χ0) is 5.98. The summed E-state index contributed by atoms with van der Waals surface area (Å²) in [5, 5.41) is 2.95. The van der Waals surface area contributed by atoms with Crippen LogP contribution in [0.3, 0.4) is 0 Å². The Bertz CT molecular complexity index is 146. The first kappa shape index (κ1) is 5.49. The van der Waals surface area contributed by atoms with Crippen LogP contribution < -0.4 is 0 Å². The number of nitrogens with zero attached hydrogens (tertiary/aromatic N) is 1. The monoisotopic (exact) mass is 138 g/mol. The molecule has 1 aliphatic heterocycles. The van der Waals surface area contributed by atoms with Gasteiger partial charge in [0.25, 0.3) is 5.90 Å². The fourth-order valence-corrected chi connectivity index (χ4v) is 0.634. The molecule has 8 heavy (non-hydrogen) atoms. The molecule has 0 aromatic heterocycles. The van der Waals surface area contributed by atoms with Crippen LogP contribution in [0.5, 0.6) is 0 Å². The van der Waals surface area contributed by atoms with Gasteiger partial charge in [0.15, 0.2) is 6.67 Å². The lowest BCUT2D eigenvalue weighted by Crippen LogP contribution is -2.00. The van der Waals surface area contributed by atoms with Crippen molar-refractivity contribution in [2.45, 2.75) is 0 Å². The number of halogens is 1. The summed E-state index contributed by atoms with van der Waals surface area (Å²) in [6, 6.07) is 0. The van der Waals surface area contributed by atoms with Crippen LogP contribution in [0.2, 0.25) is 0 Å². The Labute approximate surface area is 47.1 Å². The maximum Gasteiger partial charge on any atom is 0.440 e. The van der Waals surface area contributed by atoms with E-state index in [1.54, 1.807) is 0 Å². The molecule has 0 radical (unpaired) electrons. The van der Waals surface area contributed by atoms with Gasteiger partial charge in [-0.25, -0.2) is 4.39 Å². The van der Waals surface area contributed by atoms with Gasteiger partial charge in [-0.1, -0.05) is 0 Å². The van der Waals surface area contributed by atoms with E-state index in [-0.39, 0.29) is 5.90 Å². The molecular formula is C2H2FNO3S. The van der Waals surface area contributed by atoms with Crippen molar-refractivity contribution in [1.82, 2.24) is 0 Å². The molecule has 1 rings (SSSR count). The molecule has 1 unspecified atom stereocenters. The van der Waals surface area contributed by atoms with E-state index in [1.807, 2.05) is 0 Å². The van der Waals surface area contributed by atoms with Gasteiger partial charge in [0.05, 0.1) is 0 Å². The van der Waals surface area contributed by atoms with Crippen LogP contribution in [0.4, 0.5) is 4.39 Å². The van der Waals surface area contributed by atoms with Crippen molar-refractivity contribution in [2.75, 3.05) is 6.67 Å². The lowest BCUT2D eigenvalue weighted by molar-refractivity contribution is 0.371. The van der Waals surface area contributed by atoms with Gasteiger partial charge in [-0.3, -0.25) is 4.28 Å². The minimum atomic E-state index is -1.90. The molecule has 0 N–H and O–H groups in total. The summed E-state index contributed by atoms with van der Waals surface area (Å²) in [5.41, 5.74) is 0. The Morgan fingerprint density at radius 3 is 2.88 bits per heavy atom. The van der Waals surface area contributed by atoms with Crippen molar-refractivity contribution in [1.29, 1.82) is 0 Å². The Morgan fingerprint density at radius 2 is 2.62 bits per heavy atom. The van der Waals surface area contributed by atoms with Crippen molar-refractivity contribution in [3.05, 3.63) is 0 Å². The fourth-order valence-electron chi connectivity index (χ4n) is 0.228. The number of hydrogen-bond donors (Lipinski definition) is 0. The van der Waals surface area contributed by atoms with Crippen molar-refractivity contribution < 1.29 is 17.1 Å². The summed E-state index contributed by atoms with van der Waals surface area (Å²) in [7, 11) is 0. The van der Waals surface area contributed by atoms with Gasteiger partial charge in [-0.2, -0.15) is 4.21 Å². The molecule has 0 bridgehead atoms. The number of rotatable bonds is 1. The van der Waals surface area contributed by atoms with E-state index in [2.05, 4.69) is 13.6 Å². The lowest BCUT2D eigenvalue weighted by atomic mass is 10.8. The van der Waals surface area contributed by atoms with Crippen molar-refractivity contribution in [3.8, 4) is 0 Å². The van der Waals surface area contributed by atoms with E-state index in [0.717, 1.165) is 0 Å². The molecule has 0 saturated carbocycles. The van der Waals surface area contributed by atoms with E-state index < -0.39 is 18.0 Å². The third kappa shape index (κ3) is 0.945. The highest BCUT2D eigenvalue weighted by molar-refractivity contribution is 7.75. The molecule has 4 nitrogen and oxygen atoms in total. The lowest BCUT2D eigenvalue weighted by Gasteiger charge is -1.83. The number of hydrogen-bond acceptors (Lipinski definition) is 4. The quantitative estimate of drug-likeness (QED) is 0.508. The molecule has 46 valence electrons.